The minimum absolute atomic E-state index is 0.0722. The van der Waals surface area contributed by atoms with Crippen molar-refractivity contribution in [3.05, 3.63) is 29.8 Å². The Bertz CT molecular complexity index is 797. The number of amides is 2. The molecule has 1 atom stereocenters. The fourth-order valence-electron chi connectivity index (χ4n) is 4.32. The first-order valence-electron chi connectivity index (χ1n) is 12.0. The van der Waals surface area contributed by atoms with Gasteiger partial charge in [-0.05, 0) is 50.8 Å². The van der Waals surface area contributed by atoms with E-state index in [0.29, 0.717) is 0 Å². The van der Waals surface area contributed by atoms with Gasteiger partial charge >= 0.3 is 0 Å². The molecule has 2 heterocycles. The van der Waals surface area contributed by atoms with Crippen LogP contribution in [-0.2, 0) is 16.0 Å². The molecule has 176 valence electrons. The van der Waals surface area contributed by atoms with Crippen molar-refractivity contribution < 1.29 is 9.59 Å². The summed E-state index contributed by atoms with van der Waals surface area (Å²) >= 11 is 0. The molecule has 32 heavy (non-hydrogen) atoms. The third kappa shape index (κ3) is 6.45. The molecular formula is C24H38N6O2. The van der Waals surface area contributed by atoms with E-state index in [1.54, 1.807) is 0 Å². The zero-order valence-electron chi connectivity index (χ0n) is 19.8. The molecule has 1 unspecified atom stereocenters. The molecule has 1 aromatic carbocycles. The molecule has 2 saturated heterocycles. The van der Waals surface area contributed by atoms with Crippen LogP contribution >= 0.6 is 0 Å². The van der Waals surface area contributed by atoms with E-state index in [1.165, 1.54) is 5.56 Å². The van der Waals surface area contributed by atoms with Gasteiger partial charge in [-0.3, -0.25) is 14.5 Å². The van der Waals surface area contributed by atoms with E-state index in [9.17, 15) is 9.59 Å². The molecule has 2 N–H and O–H groups in total. The first-order valence-corrected chi connectivity index (χ1v) is 12.0. The molecular weight excluding hydrogens is 404 g/mol. The SMILES string of the molecule is CCNC(=NCC(=O)Nc1cccc(CC)c1)N1CCN(C(C)C(=O)N2CCCC2)CC1. The van der Waals surface area contributed by atoms with Crippen LogP contribution in [0, 0.1) is 0 Å². The number of anilines is 1. The molecule has 0 saturated carbocycles. The van der Waals surface area contributed by atoms with Gasteiger partial charge < -0.3 is 20.4 Å². The second-order valence-electron chi connectivity index (χ2n) is 8.50. The van der Waals surface area contributed by atoms with E-state index in [0.717, 1.165) is 76.7 Å². The van der Waals surface area contributed by atoms with Gasteiger partial charge in [0.25, 0.3) is 0 Å². The maximum absolute atomic E-state index is 12.7. The van der Waals surface area contributed by atoms with Crippen molar-refractivity contribution >= 4 is 23.5 Å². The smallest absolute Gasteiger partial charge is 0.246 e. The third-order valence-corrected chi connectivity index (χ3v) is 6.26. The Morgan fingerprint density at radius 3 is 2.41 bits per heavy atom. The summed E-state index contributed by atoms with van der Waals surface area (Å²) in [6.45, 7) is 11.9. The number of nitrogens with one attached hydrogen (secondary N) is 2. The van der Waals surface area contributed by atoms with Crippen LogP contribution in [0.2, 0.25) is 0 Å². The van der Waals surface area contributed by atoms with E-state index in [-0.39, 0.29) is 24.4 Å². The summed E-state index contributed by atoms with van der Waals surface area (Å²) in [5.74, 6) is 0.876. The highest BCUT2D eigenvalue weighted by Gasteiger charge is 2.30. The van der Waals surface area contributed by atoms with Crippen LogP contribution in [-0.4, -0.2) is 90.9 Å². The molecule has 8 nitrogen and oxygen atoms in total. The molecule has 1 aromatic rings. The first-order chi connectivity index (χ1) is 15.5. The van der Waals surface area contributed by atoms with Gasteiger partial charge in [-0.2, -0.15) is 0 Å². The minimum Gasteiger partial charge on any atom is -0.357 e. The Morgan fingerprint density at radius 1 is 1.03 bits per heavy atom. The van der Waals surface area contributed by atoms with Crippen molar-refractivity contribution in [2.75, 3.05) is 57.7 Å². The van der Waals surface area contributed by atoms with Crippen LogP contribution in [0.3, 0.4) is 0 Å². The first kappa shape index (κ1) is 24.0. The molecule has 3 rings (SSSR count). The number of guanidine groups is 1. The number of benzene rings is 1. The monoisotopic (exact) mass is 442 g/mol. The largest absolute Gasteiger partial charge is 0.357 e. The summed E-state index contributed by atoms with van der Waals surface area (Å²) in [6.07, 6.45) is 3.17. The Hall–Kier alpha value is -2.61. The summed E-state index contributed by atoms with van der Waals surface area (Å²) in [5.41, 5.74) is 2.00. The molecule has 0 bridgehead atoms. The fourth-order valence-corrected chi connectivity index (χ4v) is 4.32. The number of hydrogen-bond donors (Lipinski definition) is 2. The number of carbonyl (C=O) groups is 2. The van der Waals surface area contributed by atoms with E-state index in [2.05, 4.69) is 38.4 Å². The number of carbonyl (C=O) groups excluding carboxylic acids is 2. The summed E-state index contributed by atoms with van der Waals surface area (Å²) in [4.78, 5) is 36.2. The highest BCUT2D eigenvalue weighted by atomic mass is 16.2. The van der Waals surface area contributed by atoms with Crippen LogP contribution < -0.4 is 10.6 Å². The molecule has 0 spiro atoms. The van der Waals surface area contributed by atoms with Crippen LogP contribution in [0.4, 0.5) is 5.69 Å². The van der Waals surface area contributed by atoms with Gasteiger partial charge in [0.1, 0.15) is 6.54 Å². The predicted octanol–water partition coefficient (Wildman–Crippen LogP) is 1.78. The quantitative estimate of drug-likeness (QED) is 0.497. The lowest BCUT2D eigenvalue weighted by Gasteiger charge is -2.39. The minimum atomic E-state index is -0.128. The number of hydrogen-bond acceptors (Lipinski definition) is 4. The van der Waals surface area contributed by atoms with Gasteiger partial charge in [-0.1, -0.05) is 19.1 Å². The van der Waals surface area contributed by atoms with Crippen LogP contribution in [0.5, 0.6) is 0 Å². The van der Waals surface area contributed by atoms with Gasteiger partial charge in [0.2, 0.25) is 11.8 Å². The van der Waals surface area contributed by atoms with Crippen molar-refractivity contribution in [1.29, 1.82) is 0 Å². The second-order valence-corrected chi connectivity index (χ2v) is 8.50. The van der Waals surface area contributed by atoms with Gasteiger partial charge in [0, 0.05) is 51.5 Å². The molecule has 0 radical (unpaired) electrons. The maximum Gasteiger partial charge on any atom is 0.246 e. The predicted molar refractivity (Wildman–Crippen MR) is 129 cm³/mol. The lowest BCUT2D eigenvalue weighted by Crippen LogP contribution is -2.57. The molecule has 2 fully saturated rings. The zero-order chi connectivity index (χ0) is 22.9. The van der Waals surface area contributed by atoms with Crippen LogP contribution in [0.25, 0.3) is 0 Å². The topological polar surface area (TPSA) is 80.3 Å². The van der Waals surface area contributed by atoms with Gasteiger partial charge in [-0.15, -0.1) is 0 Å². The fraction of sp³-hybridized carbons (Fsp3) is 0.625. The second kappa shape index (κ2) is 11.9. The zero-order valence-corrected chi connectivity index (χ0v) is 19.8. The number of aryl methyl sites for hydroxylation is 1. The number of nitrogens with zero attached hydrogens (tertiary/aromatic N) is 4. The number of aliphatic imine (C=N–C) groups is 1. The molecule has 0 aliphatic carbocycles. The molecule has 2 aliphatic heterocycles. The summed E-state index contributed by atoms with van der Waals surface area (Å²) < 4.78 is 0. The average molecular weight is 443 g/mol. The van der Waals surface area contributed by atoms with Crippen molar-refractivity contribution in [2.24, 2.45) is 4.99 Å². The number of likely N-dealkylation sites (tertiary alicyclic amines) is 1. The van der Waals surface area contributed by atoms with E-state index in [4.69, 9.17) is 0 Å². The third-order valence-electron chi connectivity index (χ3n) is 6.26. The normalized spacial score (nSPS) is 18.5. The molecule has 0 aromatic heterocycles. The molecule has 8 heteroatoms. The summed E-state index contributed by atoms with van der Waals surface area (Å²) in [6, 6.07) is 7.82. The lowest BCUT2D eigenvalue weighted by molar-refractivity contribution is -0.135. The van der Waals surface area contributed by atoms with E-state index >= 15 is 0 Å². The van der Waals surface area contributed by atoms with Crippen molar-refractivity contribution in [3.63, 3.8) is 0 Å². The number of piperazine rings is 1. The van der Waals surface area contributed by atoms with Gasteiger partial charge in [0.05, 0.1) is 6.04 Å². The lowest BCUT2D eigenvalue weighted by atomic mass is 10.1. The molecule has 2 aliphatic rings. The van der Waals surface area contributed by atoms with Gasteiger partial charge in [-0.25, -0.2) is 4.99 Å². The maximum atomic E-state index is 12.7. The average Bonchev–Trinajstić information content (AvgIpc) is 3.36. The molecule has 2 amide bonds. The highest BCUT2D eigenvalue weighted by Crippen LogP contribution is 2.14. The van der Waals surface area contributed by atoms with Crippen molar-refractivity contribution in [2.45, 2.75) is 46.1 Å². The van der Waals surface area contributed by atoms with Crippen molar-refractivity contribution in [1.82, 2.24) is 20.0 Å². The standard InChI is InChI=1S/C24H38N6O2/c1-4-20-9-8-10-21(17-20)27-22(31)18-26-24(25-5-2)30-15-13-28(14-16-30)19(3)23(32)29-11-6-7-12-29/h8-10,17,19H,4-7,11-16,18H2,1-3H3,(H,25,26)(H,27,31). The Kier molecular flexibility index (Phi) is 8.90. The van der Waals surface area contributed by atoms with Crippen molar-refractivity contribution in [3.8, 4) is 0 Å². The van der Waals surface area contributed by atoms with Crippen LogP contribution in [0.15, 0.2) is 29.3 Å². The number of rotatable bonds is 7. The Morgan fingerprint density at radius 2 is 1.75 bits per heavy atom. The summed E-state index contributed by atoms with van der Waals surface area (Å²) in [5, 5.41) is 6.24. The summed E-state index contributed by atoms with van der Waals surface area (Å²) in [7, 11) is 0. The highest BCUT2D eigenvalue weighted by molar-refractivity contribution is 5.94. The Balaban J connectivity index is 1.52. The van der Waals surface area contributed by atoms with E-state index in [1.807, 2.05) is 36.9 Å². The van der Waals surface area contributed by atoms with E-state index < -0.39 is 0 Å². The van der Waals surface area contributed by atoms with Crippen LogP contribution in [0.1, 0.15) is 39.2 Å². The Labute approximate surface area is 192 Å². The van der Waals surface area contributed by atoms with Gasteiger partial charge in [0.15, 0.2) is 5.96 Å².